The Hall–Kier alpha value is -2.45. The number of nitrogens with zero attached hydrogens (tertiary/aromatic N) is 3. The van der Waals surface area contributed by atoms with Crippen molar-refractivity contribution in [2.24, 2.45) is 0 Å². The highest BCUT2D eigenvalue weighted by Gasteiger charge is 2.52. The van der Waals surface area contributed by atoms with Crippen molar-refractivity contribution in [1.82, 2.24) is 14.2 Å². The molecule has 1 amide bonds. The maximum absolute atomic E-state index is 13.3. The molecule has 0 bridgehead atoms. The van der Waals surface area contributed by atoms with Crippen molar-refractivity contribution >= 4 is 15.9 Å². The van der Waals surface area contributed by atoms with Crippen LogP contribution in [0.15, 0.2) is 41.4 Å². The number of rotatable bonds is 4. The van der Waals surface area contributed by atoms with Crippen molar-refractivity contribution in [3.8, 4) is 5.75 Å². The van der Waals surface area contributed by atoms with Crippen molar-refractivity contribution in [3.05, 3.63) is 53.3 Å². The van der Waals surface area contributed by atoms with Gasteiger partial charge in [0.25, 0.3) is 5.91 Å². The molecule has 3 heterocycles. The van der Waals surface area contributed by atoms with E-state index in [1.54, 1.807) is 35.4 Å². The van der Waals surface area contributed by atoms with Crippen molar-refractivity contribution in [2.45, 2.75) is 44.2 Å². The fourth-order valence-electron chi connectivity index (χ4n) is 4.26. The lowest BCUT2D eigenvalue weighted by Gasteiger charge is -2.44. The highest BCUT2D eigenvalue weighted by Crippen LogP contribution is 2.43. The van der Waals surface area contributed by atoms with Gasteiger partial charge in [-0.05, 0) is 63.6 Å². The van der Waals surface area contributed by atoms with Gasteiger partial charge in [-0.3, -0.25) is 9.78 Å². The van der Waals surface area contributed by atoms with E-state index in [2.05, 4.69) is 4.98 Å². The van der Waals surface area contributed by atoms with Gasteiger partial charge in [-0.1, -0.05) is 0 Å². The Morgan fingerprint density at radius 1 is 1.14 bits per heavy atom. The van der Waals surface area contributed by atoms with Gasteiger partial charge >= 0.3 is 0 Å². The van der Waals surface area contributed by atoms with Crippen molar-refractivity contribution in [3.63, 3.8) is 0 Å². The lowest BCUT2D eigenvalue weighted by Crippen LogP contribution is -2.58. The van der Waals surface area contributed by atoms with Gasteiger partial charge in [-0.25, -0.2) is 8.42 Å². The van der Waals surface area contributed by atoms with E-state index in [9.17, 15) is 13.2 Å². The van der Waals surface area contributed by atoms with E-state index >= 15 is 0 Å². The van der Waals surface area contributed by atoms with E-state index in [1.165, 1.54) is 4.31 Å². The minimum atomic E-state index is -3.69. The SMILES string of the molecule is Cc1nccc2c1C(=O)N1CCN(S(=O)(=O)c3ccc(OC(C)C)cc3)CC21C. The third-order valence-corrected chi connectivity index (χ3v) is 7.53. The number of aryl methyl sites for hydroxylation is 1. The molecule has 29 heavy (non-hydrogen) atoms. The Balaban J connectivity index is 1.65. The van der Waals surface area contributed by atoms with E-state index in [1.807, 2.05) is 33.8 Å². The number of fused-ring (bicyclic) bond motifs is 3. The summed E-state index contributed by atoms with van der Waals surface area (Å²) in [5.41, 5.74) is 1.42. The Morgan fingerprint density at radius 3 is 2.48 bits per heavy atom. The zero-order valence-electron chi connectivity index (χ0n) is 17.0. The van der Waals surface area contributed by atoms with Crippen LogP contribution in [0.5, 0.6) is 5.75 Å². The van der Waals surface area contributed by atoms with Gasteiger partial charge in [0.1, 0.15) is 5.75 Å². The zero-order valence-corrected chi connectivity index (χ0v) is 17.9. The van der Waals surface area contributed by atoms with E-state index in [0.29, 0.717) is 23.6 Å². The van der Waals surface area contributed by atoms with Crippen molar-refractivity contribution < 1.29 is 17.9 Å². The van der Waals surface area contributed by atoms with E-state index in [-0.39, 0.29) is 30.0 Å². The normalized spacial score (nSPS) is 22.0. The highest BCUT2D eigenvalue weighted by atomic mass is 32.2. The van der Waals surface area contributed by atoms with Crippen molar-refractivity contribution in [2.75, 3.05) is 19.6 Å². The summed E-state index contributed by atoms with van der Waals surface area (Å²) in [6, 6.07) is 8.32. The van der Waals surface area contributed by atoms with Crippen LogP contribution in [0.25, 0.3) is 0 Å². The van der Waals surface area contributed by atoms with Gasteiger partial charge in [0.15, 0.2) is 0 Å². The Labute approximate surface area is 171 Å². The van der Waals surface area contributed by atoms with Crippen molar-refractivity contribution in [1.29, 1.82) is 0 Å². The average Bonchev–Trinajstić information content (AvgIpc) is 2.90. The number of aromatic nitrogens is 1. The van der Waals surface area contributed by atoms with E-state index in [4.69, 9.17) is 4.74 Å². The standard InChI is InChI=1S/C21H25N3O4S/c1-14(2)28-16-5-7-17(8-6-16)29(26,27)23-11-12-24-20(25)19-15(3)22-10-9-18(19)21(24,4)13-23/h5-10,14H,11-13H2,1-4H3. The lowest BCUT2D eigenvalue weighted by molar-refractivity contribution is 0.0376. The molecule has 0 saturated carbocycles. The molecule has 1 unspecified atom stereocenters. The lowest BCUT2D eigenvalue weighted by atomic mass is 9.90. The summed E-state index contributed by atoms with van der Waals surface area (Å²) >= 11 is 0. The molecule has 7 nitrogen and oxygen atoms in total. The number of piperazine rings is 1. The molecule has 2 aliphatic heterocycles. The van der Waals surface area contributed by atoms with Crippen LogP contribution in [-0.2, 0) is 15.6 Å². The number of pyridine rings is 1. The van der Waals surface area contributed by atoms with Crippen LogP contribution in [0.1, 0.15) is 42.4 Å². The van der Waals surface area contributed by atoms with E-state index in [0.717, 1.165) is 5.56 Å². The van der Waals surface area contributed by atoms with Gasteiger partial charge < -0.3 is 9.64 Å². The van der Waals surface area contributed by atoms with Crippen LogP contribution >= 0.6 is 0 Å². The Morgan fingerprint density at radius 2 is 1.83 bits per heavy atom. The average molecular weight is 416 g/mol. The fraction of sp³-hybridized carbons (Fsp3) is 0.429. The summed E-state index contributed by atoms with van der Waals surface area (Å²) in [4.78, 5) is 19.2. The summed E-state index contributed by atoms with van der Waals surface area (Å²) < 4.78 is 33.6. The summed E-state index contributed by atoms with van der Waals surface area (Å²) in [5, 5.41) is 0. The smallest absolute Gasteiger partial charge is 0.256 e. The molecular formula is C21H25N3O4S. The largest absolute Gasteiger partial charge is 0.491 e. The maximum Gasteiger partial charge on any atom is 0.256 e. The first-order chi connectivity index (χ1) is 13.6. The number of carbonyl (C=O) groups is 1. The third-order valence-electron chi connectivity index (χ3n) is 5.67. The number of amides is 1. The molecule has 8 heteroatoms. The van der Waals surface area contributed by atoms with Crippen LogP contribution < -0.4 is 4.74 Å². The fourth-order valence-corrected chi connectivity index (χ4v) is 5.78. The highest BCUT2D eigenvalue weighted by molar-refractivity contribution is 7.89. The minimum absolute atomic E-state index is 0.0170. The van der Waals surface area contributed by atoms with Crippen LogP contribution in [-0.4, -0.2) is 54.3 Å². The molecule has 0 aliphatic carbocycles. The molecular weight excluding hydrogens is 390 g/mol. The predicted octanol–water partition coefficient (Wildman–Crippen LogP) is 2.55. The second kappa shape index (κ2) is 6.81. The summed E-state index contributed by atoms with van der Waals surface area (Å²) in [6.07, 6.45) is 1.69. The van der Waals surface area contributed by atoms with Gasteiger partial charge in [0.05, 0.1) is 27.8 Å². The number of benzene rings is 1. The van der Waals surface area contributed by atoms with Gasteiger partial charge in [0.2, 0.25) is 10.0 Å². The van der Waals surface area contributed by atoms with Crippen LogP contribution in [0.4, 0.5) is 0 Å². The number of hydrogen-bond donors (Lipinski definition) is 0. The van der Waals surface area contributed by atoms with Crippen LogP contribution in [0, 0.1) is 6.92 Å². The van der Waals surface area contributed by atoms with Gasteiger partial charge in [-0.15, -0.1) is 0 Å². The molecule has 1 aromatic heterocycles. The first-order valence-corrected chi connectivity index (χ1v) is 11.1. The Kier molecular flexibility index (Phi) is 4.66. The maximum atomic E-state index is 13.3. The third kappa shape index (κ3) is 3.11. The monoisotopic (exact) mass is 415 g/mol. The van der Waals surface area contributed by atoms with E-state index < -0.39 is 15.6 Å². The predicted molar refractivity (Wildman–Crippen MR) is 108 cm³/mol. The molecule has 1 saturated heterocycles. The molecule has 0 radical (unpaired) electrons. The molecule has 1 atom stereocenters. The molecule has 4 rings (SSSR count). The number of sulfonamides is 1. The quantitative estimate of drug-likeness (QED) is 0.767. The number of carbonyl (C=O) groups excluding carboxylic acids is 1. The zero-order chi connectivity index (χ0) is 21.0. The van der Waals surface area contributed by atoms with Gasteiger partial charge in [-0.2, -0.15) is 4.31 Å². The van der Waals surface area contributed by atoms with Crippen LogP contribution in [0.3, 0.4) is 0 Å². The second-order valence-corrected chi connectivity index (χ2v) is 9.96. The molecule has 154 valence electrons. The number of hydrogen-bond acceptors (Lipinski definition) is 5. The molecule has 0 N–H and O–H groups in total. The topological polar surface area (TPSA) is 79.8 Å². The molecule has 1 fully saturated rings. The molecule has 1 aromatic carbocycles. The second-order valence-electron chi connectivity index (χ2n) is 8.03. The summed E-state index contributed by atoms with van der Waals surface area (Å²) in [5.74, 6) is 0.564. The first kappa shape index (κ1) is 19.8. The molecule has 2 aromatic rings. The first-order valence-electron chi connectivity index (χ1n) is 9.69. The molecule has 0 spiro atoms. The van der Waals surface area contributed by atoms with Crippen LogP contribution in [0.2, 0.25) is 0 Å². The number of ether oxygens (including phenoxy) is 1. The summed E-state index contributed by atoms with van der Waals surface area (Å²) in [6.45, 7) is 8.39. The van der Waals surface area contributed by atoms with Gasteiger partial charge in [0, 0.05) is 25.8 Å². The summed E-state index contributed by atoms with van der Waals surface area (Å²) in [7, 11) is -3.69. The minimum Gasteiger partial charge on any atom is -0.491 e. The molecule has 2 aliphatic rings. The Bertz CT molecular complexity index is 1070.